The summed E-state index contributed by atoms with van der Waals surface area (Å²) in [4.78, 5) is 8.05. The minimum Gasteiger partial charge on any atom is -0.782 e. The van der Waals surface area contributed by atoms with Crippen LogP contribution in [0.2, 0.25) is 39.3 Å². The van der Waals surface area contributed by atoms with E-state index in [1.165, 1.54) is 59.7 Å². The van der Waals surface area contributed by atoms with Gasteiger partial charge in [0.05, 0.1) is 56.4 Å². The topological polar surface area (TPSA) is 17.8 Å². The van der Waals surface area contributed by atoms with Crippen molar-refractivity contribution < 1.29 is 57.3 Å². The summed E-state index contributed by atoms with van der Waals surface area (Å²) >= 11 is 5.44. The maximum Gasteiger partial charge on any atom is 1.00 e. The fourth-order valence-electron chi connectivity index (χ4n) is 3.39. The van der Waals surface area contributed by atoms with Crippen molar-refractivity contribution in [2.45, 2.75) is 49.1 Å². The van der Waals surface area contributed by atoms with Crippen LogP contribution >= 0.6 is 8.58 Å². The van der Waals surface area contributed by atoms with Crippen molar-refractivity contribution in [3.05, 3.63) is 24.3 Å². The van der Waals surface area contributed by atoms with Crippen LogP contribution in [-0.2, 0) is 12.6 Å². The average molecular weight is 549 g/mol. The van der Waals surface area contributed by atoms with Crippen LogP contribution in [-0.4, -0.2) is 104 Å². The fraction of sp³-hybridized carbons (Fsp3) is 0.760. The number of nitrogens with one attached hydrogen (secondary N) is 4. The van der Waals surface area contributed by atoms with Gasteiger partial charge in [0.2, 0.25) is 0 Å². The molecule has 0 spiro atoms. The third-order valence-corrected chi connectivity index (χ3v) is 20.4. The molecule has 4 N–H and O–H groups in total. The average Bonchev–Trinajstić information content (AvgIpc) is 2.63. The first-order valence-corrected chi connectivity index (χ1v) is 21.0. The molecule has 35 heavy (non-hydrogen) atoms. The normalized spacial score (nSPS) is 11.9. The Hall–Kier alpha value is 1.34. The molecule has 1 rings (SSSR count). The smallest absolute Gasteiger partial charge is 0.782 e. The Bertz CT molecular complexity index is 580. The largest absolute Gasteiger partial charge is 1.00 e. The van der Waals surface area contributed by atoms with Gasteiger partial charge in [-0.2, -0.15) is 4.91 Å². The Morgan fingerprint density at radius 2 is 0.914 bits per heavy atom. The molecule has 0 saturated heterocycles. The molecular formula is C25H59Li2N4PSSi2+4. The first-order valence-electron chi connectivity index (χ1n) is 12.5. The van der Waals surface area contributed by atoms with Gasteiger partial charge in [0.1, 0.15) is 26.2 Å². The number of rotatable bonds is 10. The predicted octanol–water partition coefficient (Wildman–Crippen LogP) is -7.15. The molecule has 0 aliphatic carbocycles. The van der Waals surface area contributed by atoms with Crippen molar-refractivity contribution >= 4 is 42.7 Å². The van der Waals surface area contributed by atoms with Gasteiger partial charge in [-0.1, -0.05) is 63.5 Å². The van der Waals surface area contributed by atoms with E-state index in [1.54, 1.807) is 0 Å². The molecule has 0 fully saturated rings. The maximum absolute atomic E-state index is 5.44. The molecule has 0 radical (unpaired) electrons. The monoisotopic (exact) mass is 548 g/mol. The summed E-state index contributed by atoms with van der Waals surface area (Å²) in [7, 11) is 16.7. The third-order valence-electron chi connectivity index (χ3n) is 5.02. The molecule has 0 aromatic heterocycles. The molecule has 0 atom stereocenters. The van der Waals surface area contributed by atoms with Crippen LogP contribution in [0.1, 0.15) is 0 Å². The zero-order valence-corrected chi connectivity index (χ0v) is 30.3. The van der Waals surface area contributed by atoms with Gasteiger partial charge in [-0.05, 0) is 0 Å². The van der Waals surface area contributed by atoms with E-state index in [0.29, 0.717) is 0 Å². The van der Waals surface area contributed by atoms with E-state index in [2.05, 4.69) is 114 Å². The Morgan fingerprint density at radius 1 is 0.629 bits per heavy atom. The molecule has 0 heterocycles. The van der Waals surface area contributed by atoms with Crippen LogP contribution < -0.4 is 62.6 Å². The molecular weight excluding hydrogens is 489 g/mol. The summed E-state index contributed by atoms with van der Waals surface area (Å²) in [6.07, 6.45) is 0. The van der Waals surface area contributed by atoms with E-state index in [9.17, 15) is 0 Å². The van der Waals surface area contributed by atoms with Gasteiger partial charge in [-0.3, -0.25) is 0 Å². The summed E-state index contributed by atoms with van der Waals surface area (Å²) in [6.45, 7) is 20.0. The molecule has 196 valence electrons. The van der Waals surface area contributed by atoms with Crippen LogP contribution in [0, 0.1) is 0 Å². The Morgan fingerprint density at radius 3 is 1.14 bits per heavy atom. The second-order valence-electron chi connectivity index (χ2n) is 12.6. The number of hydrogen-bond donors (Lipinski definition) is 4. The van der Waals surface area contributed by atoms with E-state index in [1.807, 2.05) is 6.07 Å². The van der Waals surface area contributed by atoms with Crippen molar-refractivity contribution in [1.82, 2.24) is 0 Å². The first-order chi connectivity index (χ1) is 14.9. The maximum atomic E-state index is 5.44. The second-order valence-corrected chi connectivity index (χ2v) is 26.4. The van der Waals surface area contributed by atoms with Crippen molar-refractivity contribution in [2.75, 3.05) is 82.6 Å². The first kappa shape index (κ1) is 43.4. The van der Waals surface area contributed by atoms with Gasteiger partial charge in [-0.15, -0.1) is 0 Å². The van der Waals surface area contributed by atoms with Crippen LogP contribution in [0.25, 0.3) is 0 Å². The zero-order chi connectivity index (χ0) is 26.4. The Balaban J connectivity index is -0.000000227. The quantitative estimate of drug-likeness (QED) is 0.130. The molecule has 4 nitrogen and oxygen atoms in total. The third kappa shape index (κ3) is 26.7. The van der Waals surface area contributed by atoms with E-state index in [0.717, 1.165) is 9.80 Å². The van der Waals surface area contributed by atoms with E-state index in [4.69, 9.17) is 12.6 Å². The minimum atomic E-state index is -1.12. The predicted molar refractivity (Wildman–Crippen MR) is 160 cm³/mol. The van der Waals surface area contributed by atoms with Crippen LogP contribution in [0.15, 0.2) is 29.2 Å². The summed E-state index contributed by atoms with van der Waals surface area (Å²) < 4.78 is 0. The van der Waals surface area contributed by atoms with Gasteiger partial charge in [0, 0.05) is 16.1 Å². The summed E-state index contributed by atoms with van der Waals surface area (Å²) in [5.74, 6) is 0. The van der Waals surface area contributed by atoms with Crippen LogP contribution in [0.4, 0.5) is 0 Å². The standard InChI is InChI=1S/C13H24PSSi2.2C6H16N2.2Li/c1-16(2,3)13(17(4,5)6)14-11-9-7-8-10-12(11)15;2*1-7(2)5-6-8(3)4;;/h7-10,13,15H,1-6H3;2*5-6H2,1-4H3;;/q-1;;;2*+1/p+3. The molecule has 1 aromatic rings. The SMILES string of the molecule is C[NH+](C)CC[NH+](C)C.C[NH+](C)CC[NH+](C)C.C[Si](C)(C)C([P-]c1ccccc1[S-])[Si](C)(C)C.[Li+].[Li+]. The van der Waals surface area contributed by atoms with Gasteiger partial charge in [0.25, 0.3) is 0 Å². The number of likely N-dealkylation sites (N-methyl/N-ethyl adjacent to an activating group) is 4. The van der Waals surface area contributed by atoms with Crippen molar-refractivity contribution in [3.63, 3.8) is 0 Å². The summed E-state index contributed by atoms with van der Waals surface area (Å²) in [5, 5.41) is 1.36. The minimum absolute atomic E-state index is 0. The molecule has 0 amide bonds. The van der Waals surface area contributed by atoms with E-state index in [-0.39, 0.29) is 37.7 Å². The molecule has 0 aliphatic rings. The van der Waals surface area contributed by atoms with Crippen molar-refractivity contribution in [3.8, 4) is 0 Å². The fourth-order valence-corrected chi connectivity index (χ4v) is 18.7. The molecule has 0 saturated carbocycles. The van der Waals surface area contributed by atoms with Gasteiger partial charge >= 0.3 is 37.7 Å². The van der Waals surface area contributed by atoms with Crippen molar-refractivity contribution in [1.29, 1.82) is 0 Å². The van der Waals surface area contributed by atoms with Gasteiger partial charge < -0.3 is 40.8 Å². The Labute approximate surface area is 254 Å². The second kappa shape index (κ2) is 22.2. The molecule has 0 aliphatic heterocycles. The zero-order valence-electron chi connectivity index (χ0n) is 26.6. The Kier molecular flexibility index (Phi) is 27.5. The van der Waals surface area contributed by atoms with Crippen LogP contribution in [0.5, 0.6) is 0 Å². The number of benzene rings is 1. The van der Waals surface area contributed by atoms with Crippen LogP contribution in [0.3, 0.4) is 0 Å². The summed E-state index contributed by atoms with van der Waals surface area (Å²) in [6, 6.07) is 8.42. The molecule has 0 bridgehead atoms. The van der Waals surface area contributed by atoms with E-state index < -0.39 is 16.1 Å². The molecule has 10 heteroatoms. The van der Waals surface area contributed by atoms with Gasteiger partial charge in [-0.25, -0.2) is 10.2 Å². The molecule has 0 unspecified atom stereocenters. The molecule has 1 aromatic carbocycles. The van der Waals surface area contributed by atoms with E-state index >= 15 is 0 Å². The van der Waals surface area contributed by atoms with Crippen molar-refractivity contribution in [2.24, 2.45) is 0 Å². The summed E-state index contributed by atoms with van der Waals surface area (Å²) in [5.41, 5.74) is 0. The van der Waals surface area contributed by atoms with Gasteiger partial charge in [0.15, 0.2) is 0 Å². The number of hydrogen-bond acceptors (Lipinski definition) is 1. The number of quaternary nitrogens is 4.